The molecular weight excluding hydrogens is 526 g/mol. The molecule has 0 aliphatic rings. The van der Waals surface area contributed by atoms with Gasteiger partial charge < -0.3 is 30.5 Å². The van der Waals surface area contributed by atoms with Gasteiger partial charge in [-0.05, 0) is 36.0 Å². The van der Waals surface area contributed by atoms with Gasteiger partial charge in [0.2, 0.25) is 5.91 Å². The second kappa shape index (κ2) is 17.0. The molecule has 3 aromatic rings. The SMILES string of the molecule is O=C(NCCCC[C@H](NC(=O)[C@H](Cc1ccccc1)NC(=O)OCc1ccccc1)C(=O)O)OCc1ccccc1. The number of unbranched alkanes of at least 4 members (excludes halogenated alkanes) is 1. The van der Waals surface area contributed by atoms with E-state index in [1.54, 1.807) is 0 Å². The molecular formula is C31H35N3O7. The maximum atomic E-state index is 13.1. The normalized spacial score (nSPS) is 11.9. The Morgan fingerprint density at radius 2 is 1.15 bits per heavy atom. The van der Waals surface area contributed by atoms with Gasteiger partial charge in [0.05, 0.1) is 0 Å². The van der Waals surface area contributed by atoms with Crippen LogP contribution >= 0.6 is 0 Å². The summed E-state index contributed by atoms with van der Waals surface area (Å²) in [4.78, 5) is 49.4. The standard InChI is InChI=1S/C31H35N3O7/c35-28(27(20-23-12-4-1-5-13-23)34-31(39)41-22-25-16-8-3-9-17-25)33-26(29(36)37)18-10-11-19-32-30(38)40-21-24-14-6-2-7-15-24/h1-9,12-17,26-27H,10-11,18-22H2,(H,32,38)(H,33,35)(H,34,39)(H,36,37)/t26-,27-/m0/s1. The molecule has 0 unspecified atom stereocenters. The predicted molar refractivity (Wildman–Crippen MR) is 152 cm³/mol. The van der Waals surface area contributed by atoms with E-state index >= 15 is 0 Å². The van der Waals surface area contributed by atoms with Crippen molar-refractivity contribution in [2.45, 2.75) is 51.0 Å². The van der Waals surface area contributed by atoms with Crippen molar-refractivity contribution in [2.24, 2.45) is 0 Å². The lowest BCUT2D eigenvalue weighted by Crippen LogP contribution is -2.52. The highest BCUT2D eigenvalue weighted by atomic mass is 16.6. The fraction of sp³-hybridized carbons (Fsp3) is 0.290. The molecule has 0 fully saturated rings. The third-order valence-electron chi connectivity index (χ3n) is 6.12. The largest absolute Gasteiger partial charge is 0.480 e. The zero-order chi connectivity index (χ0) is 29.3. The monoisotopic (exact) mass is 561 g/mol. The van der Waals surface area contributed by atoms with Crippen molar-refractivity contribution in [3.8, 4) is 0 Å². The molecule has 0 spiro atoms. The topological polar surface area (TPSA) is 143 Å². The molecule has 0 aliphatic carbocycles. The molecule has 0 aromatic heterocycles. The minimum Gasteiger partial charge on any atom is -0.480 e. The Kier molecular flexibility index (Phi) is 12.7. The molecule has 0 saturated carbocycles. The number of aliphatic carboxylic acids is 1. The minimum absolute atomic E-state index is 0.0257. The van der Waals surface area contributed by atoms with Gasteiger partial charge in [-0.15, -0.1) is 0 Å². The van der Waals surface area contributed by atoms with Gasteiger partial charge in [-0.3, -0.25) is 4.79 Å². The third kappa shape index (κ3) is 11.8. The number of alkyl carbamates (subject to hydrolysis) is 2. The second-order valence-electron chi connectivity index (χ2n) is 9.33. The third-order valence-corrected chi connectivity index (χ3v) is 6.12. The smallest absolute Gasteiger partial charge is 0.408 e. The summed E-state index contributed by atoms with van der Waals surface area (Å²) >= 11 is 0. The zero-order valence-corrected chi connectivity index (χ0v) is 22.7. The molecule has 0 heterocycles. The Morgan fingerprint density at radius 1 is 0.634 bits per heavy atom. The van der Waals surface area contributed by atoms with Crippen LogP contribution in [0.15, 0.2) is 91.0 Å². The maximum absolute atomic E-state index is 13.1. The van der Waals surface area contributed by atoms with Crippen LogP contribution in [0.5, 0.6) is 0 Å². The molecule has 216 valence electrons. The van der Waals surface area contributed by atoms with Gasteiger partial charge in [-0.2, -0.15) is 0 Å². The average Bonchev–Trinajstić information content (AvgIpc) is 2.99. The van der Waals surface area contributed by atoms with Crippen molar-refractivity contribution >= 4 is 24.1 Å². The van der Waals surface area contributed by atoms with Gasteiger partial charge in [-0.25, -0.2) is 14.4 Å². The van der Waals surface area contributed by atoms with Crippen molar-refractivity contribution in [1.82, 2.24) is 16.0 Å². The number of hydrogen-bond donors (Lipinski definition) is 4. The van der Waals surface area contributed by atoms with Gasteiger partial charge in [-0.1, -0.05) is 91.0 Å². The van der Waals surface area contributed by atoms with E-state index in [0.717, 1.165) is 16.7 Å². The Bertz CT molecular complexity index is 1240. The molecule has 0 saturated heterocycles. The summed E-state index contributed by atoms with van der Waals surface area (Å²) in [7, 11) is 0. The van der Waals surface area contributed by atoms with Gasteiger partial charge in [0.25, 0.3) is 0 Å². The summed E-state index contributed by atoms with van der Waals surface area (Å²) in [6.07, 6.45) is -0.163. The van der Waals surface area contributed by atoms with Crippen molar-refractivity contribution in [1.29, 1.82) is 0 Å². The Balaban J connectivity index is 1.46. The fourth-order valence-corrected chi connectivity index (χ4v) is 3.93. The highest BCUT2D eigenvalue weighted by molar-refractivity contribution is 5.89. The van der Waals surface area contributed by atoms with Gasteiger partial charge in [0.15, 0.2) is 0 Å². The summed E-state index contributed by atoms with van der Waals surface area (Å²) in [5.74, 6) is -1.83. The summed E-state index contributed by atoms with van der Waals surface area (Å²) < 4.78 is 10.4. The fourth-order valence-electron chi connectivity index (χ4n) is 3.93. The first-order valence-corrected chi connectivity index (χ1v) is 13.4. The summed E-state index contributed by atoms with van der Waals surface area (Å²) in [6.45, 7) is 0.467. The second-order valence-corrected chi connectivity index (χ2v) is 9.33. The van der Waals surface area contributed by atoms with Crippen LogP contribution in [0, 0.1) is 0 Å². The first-order chi connectivity index (χ1) is 19.9. The predicted octanol–water partition coefficient (Wildman–Crippen LogP) is 4.19. The van der Waals surface area contributed by atoms with E-state index in [9.17, 15) is 24.3 Å². The van der Waals surface area contributed by atoms with E-state index < -0.39 is 36.1 Å². The lowest BCUT2D eigenvalue weighted by atomic mass is 10.0. The van der Waals surface area contributed by atoms with Crippen LogP contribution in [-0.4, -0.2) is 47.8 Å². The van der Waals surface area contributed by atoms with E-state index in [1.165, 1.54) is 0 Å². The number of rotatable bonds is 15. The number of carbonyl (C=O) groups is 4. The lowest BCUT2D eigenvalue weighted by molar-refractivity contribution is -0.142. The number of benzene rings is 3. The molecule has 0 radical (unpaired) electrons. The van der Waals surface area contributed by atoms with Crippen molar-refractivity contribution in [3.63, 3.8) is 0 Å². The van der Waals surface area contributed by atoms with Crippen LogP contribution in [0.3, 0.4) is 0 Å². The number of carboxylic acid groups (broad SMARTS) is 1. The lowest BCUT2D eigenvalue weighted by Gasteiger charge is -2.21. The maximum Gasteiger partial charge on any atom is 0.408 e. The highest BCUT2D eigenvalue weighted by Gasteiger charge is 2.27. The number of carboxylic acids is 1. The van der Waals surface area contributed by atoms with Crippen LogP contribution < -0.4 is 16.0 Å². The Hall–Kier alpha value is -4.86. The van der Waals surface area contributed by atoms with Crippen molar-refractivity contribution in [2.75, 3.05) is 6.54 Å². The molecule has 10 nitrogen and oxygen atoms in total. The summed E-state index contributed by atoms with van der Waals surface area (Å²) in [6, 6.07) is 25.2. The molecule has 3 rings (SSSR count). The zero-order valence-electron chi connectivity index (χ0n) is 22.7. The van der Waals surface area contributed by atoms with Crippen LogP contribution in [0.4, 0.5) is 9.59 Å². The molecule has 0 bridgehead atoms. The molecule has 0 aliphatic heterocycles. The number of ether oxygens (including phenoxy) is 2. The number of amides is 3. The van der Waals surface area contributed by atoms with E-state index in [4.69, 9.17) is 9.47 Å². The van der Waals surface area contributed by atoms with Crippen molar-refractivity contribution in [3.05, 3.63) is 108 Å². The van der Waals surface area contributed by atoms with Gasteiger partial charge >= 0.3 is 18.2 Å². The van der Waals surface area contributed by atoms with Crippen LogP contribution in [0.2, 0.25) is 0 Å². The molecule has 2 atom stereocenters. The highest BCUT2D eigenvalue weighted by Crippen LogP contribution is 2.08. The first-order valence-electron chi connectivity index (χ1n) is 13.4. The molecule has 4 N–H and O–H groups in total. The summed E-state index contributed by atoms with van der Waals surface area (Å²) in [5.41, 5.74) is 2.44. The number of nitrogens with one attached hydrogen (secondary N) is 3. The molecule has 3 amide bonds. The number of hydrogen-bond acceptors (Lipinski definition) is 6. The van der Waals surface area contributed by atoms with Gasteiger partial charge in [0, 0.05) is 13.0 Å². The minimum atomic E-state index is -1.20. The quantitative estimate of drug-likeness (QED) is 0.204. The van der Waals surface area contributed by atoms with Gasteiger partial charge in [0.1, 0.15) is 25.3 Å². The summed E-state index contributed by atoms with van der Waals surface area (Å²) in [5, 5.41) is 17.4. The van der Waals surface area contributed by atoms with E-state index in [0.29, 0.717) is 19.4 Å². The van der Waals surface area contributed by atoms with E-state index in [1.807, 2.05) is 91.0 Å². The molecule has 10 heteroatoms. The number of carbonyl (C=O) groups excluding carboxylic acids is 3. The van der Waals surface area contributed by atoms with Crippen molar-refractivity contribution < 1.29 is 33.8 Å². The van der Waals surface area contributed by atoms with Crippen LogP contribution in [0.1, 0.15) is 36.0 Å². The average molecular weight is 562 g/mol. The van der Waals surface area contributed by atoms with E-state index in [2.05, 4.69) is 16.0 Å². The molecule has 3 aromatic carbocycles. The van der Waals surface area contributed by atoms with E-state index in [-0.39, 0.29) is 26.1 Å². The van der Waals surface area contributed by atoms with Crippen LogP contribution in [0.25, 0.3) is 0 Å². The Labute approximate surface area is 239 Å². The molecule has 41 heavy (non-hydrogen) atoms. The Morgan fingerprint density at radius 3 is 1.68 bits per heavy atom. The first kappa shape index (κ1) is 30.7. The van der Waals surface area contributed by atoms with Crippen LogP contribution in [-0.2, 0) is 38.7 Å².